The Labute approximate surface area is 197 Å². The molecule has 0 fully saturated rings. The van der Waals surface area contributed by atoms with E-state index in [4.69, 9.17) is 33.7 Å². The van der Waals surface area contributed by atoms with Gasteiger partial charge in [-0.25, -0.2) is 0 Å². The molecule has 0 saturated heterocycles. The number of anilines is 1. The van der Waals surface area contributed by atoms with E-state index in [9.17, 15) is 9.59 Å². The maximum absolute atomic E-state index is 12.8. The van der Waals surface area contributed by atoms with E-state index in [2.05, 4.69) is 26.1 Å². The largest absolute Gasteiger partial charge is 0.479 e. The number of halogens is 2. The second-order valence-corrected chi connectivity index (χ2v) is 10.6. The van der Waals surface area contributed by atoms with Crippen LogP contribution in [0.5, 0.6) is 5.75 Å². The molecule has 0 radical (unpaired) electrons. The highest BCUT2D eigenvalue weighted by Crippen LogP contribution is 2.45. The molecule has 0 aliphatic heterocycles. The average Bonchev–Trinajstić information content (AvgIpc) is 3.07. The van der Waals surface area contributed by atoms with Crippen LogP contribution in [-0.2, 0) is 17.6 Å². The fourth-order valence-corrected chi connectivity index (χ4v) is 5.71. The molecule has 168 valence electrons. The van der Waals surface area contributed by atoms with Crippen molar-refractivity contribution in [3.8, 4) is 5.75 Å². The van der Waals surface area contributed by atoms with E-state index in [1.54, 1.807) is 25.1 Å². The van der Waals surface area contributed by atoms with E-state index >= 15 is 0 Å². The van der Waals surface area contributed by atoms with Crippen molar-refractivity contribution in [3.05, 3.63) is 44.2 Å². The lowest BCUT2D eigenvalue weighted by Crippen LogP contribution is -2.31. The van der Waals surface area contributed by atoms with Crippen molar-refractivity contribution in [2.45, 2.75) is 59.5 Å². The van der Waals surface area contributed by atoms with Crippen LogP contribution in [0, 0.1) is 11.3 Å². The number of rotatable bonds is 7. The average molecular weight is 483 g/mol. The molecule has 2 unspecified atom stereocenters. The Hall–Kier alpha value is -1.76. The fraction of sp³-hybridized carbons (Fsp3) is 0.478. The second-order valence-electron chi connectivity index (χ2n) is 8.68. The number of ether oxygens (including phenoxy) is 1. The molecule has 0 spiro atoms. The van der Waals surface area contributed by atoms with Crippen molar-refractivity contribution in [3.63, 3.8) is 0 Å². The molecule has 0 saturated carbocycles. The van der Waals surface area contributed by atoms with Crippen molar-refractivity contribution in [1.29, 1.82) is 0 Å². The summed E-state index contributed by atoms with van der Waals surface area (Å²) in [6.45, 7) is 8.40. The lowest BCUT2D eigenvalue weighted by molar-refractivity contribution is -0.122. The summed E-state index contributed by atoms with van der Waals surface area (Å²) in [7, 11) is 0. The van der Waals surface area contributed by atoms with E-state index in [1.807, 2.05) is 0 Å². The van der Waals surface area contributed by atoms with Crippen LogP contribution in [0.3, 0.4) is 0 Å². The zero-order chi connectivity index (χ0) is 22.9. The van der Waals surface area contributed by atoms with Crippen LogP contribution in [0.4, 0.5) is 5.00 Å². The van der Waals surface area contributed by atoms with Gasteiger partial charge in [0, 0.05) is 9.90 Å². The van der Waals surface area contributed by atoms with E-state index in [-0.39, 0.29) is 11.3 Å². The summed E-state index contributed by atoms with van der Waals surface area (Å²) >= 11 is 13.5. The maximum Gasteiger partial charge on any atom is 0.265 e. The number of hydrogen-bond donors (Lipinski definition) is 2. The number of primary amides is 1. The molecule has 2 amide bonds. The molecule has 8 heteroatoms. The number of fused-ring (bicyclic) bond motifs is 1. The van der Waals surface area contributed by atoms with Crippen LogP contribution in [0.1, 0.15) is 61.3 Å². The van der Waals surface area contributed by atoms with Gasteiger partial charge in [-0.1, -0.05) is 50.4 Å². The van der Waals surface area contributed by atoms with E-state index < -0.39 is 12.0 Å². The van der Waals surface area contributed by atoms with Crippen LogP contribution >= 0.6 is 34.5 Å². The number of benzene rings is 1. The highest BCUT2D eigenvalue weighted by molar-refractivity contribution is 7.17. The van der Waals surface area contributed by atoms with Crippen molar-refractivity contribution >= 4 is 51.4 Å². The molecule has 1 aromatic heterocycles. The Morgan fingerprint density at radius 1 is 1.35 bits per heavy atom. The Bertz CT molecular complexity index is 1000. The Morgan fingerprint density at radius 2 is 2.06 bits per heavy atom. The molecule has 1 aliphatic carbocycles. The quantitative estimate of drug-likeness (QED) is 0.499. The predicted molar refractivity (Wildman–Crippen MR) is 128 cm³/mol. The summed E-state index contributed by atoms with van der Waals surface area (Å²) < 4.78 is 5.70. The number of thiophene rings is 1. The van der Waals surface area contributed by atoms with E-state index in [1.165, 1.54) is 11.3 Å². The number of amides is 2. The molecule has 31 heavy (non-hydrogen) atoms. The molecule has 5 nitrogen and oxygen atoms in total. The lowest BCUT2D eigenvalue weighted by Gasteiger charge is -2.36. The van der Waals surface area contributed by atoms with Crippen molar-refractivity contribution in [2.75, 3.05) is 5.32 Å². The van der Waals surface area contributed by atoms with Gasteiger partial charge in [0.2, 0.25) is 0 Å². The summed E-state index contributed by atoms with van der Waals surface area (Å²) in [5.74, 6) is -0.00550. The topological polar surface area (TPSA) is 81.4 Å². The standard InChI is InChI=1S/C23H28Cl2N2O3S/c1-5-23(3,4)13-6-8-15-18(10-13)31-22(19(15)20(26)28)27-21(29)12(2)30-17-9-7-14(24)11-16(17)25/h7,9,11-13H,5-6,8,10H2,1-4H3,(H2,26,28)(H,27,29). The van der Waals surface area contributed by atoms with Gasteiger partial charge in [0.1, 0.15) is 10.8 Å². The van der Waals surface area contributed by atoms with Gasteiger partial charge in [0.05, 0.1) is 10.6 Å². The molecule has 3 rings (SSSR count). The van der Waals surface area contributed by atoms with Gasteiger partial charge in [-0.05, 0) is 61.3 Å². The first kappa shape index (κ1) is 23.9. The van der Waals surface area contributed by atoms with Crippen molar-refractivity contribution in [1.82, 2.24) is 0 Å². The number of carbonyl (C=O) groups excluding carboxylic acids is 2. The molecule has 1 aliphatic rings. The SMILES string of the molecule is CCC(C)(C)C1CCc2c(sc(NC(=O)C(C)Oc3ccc(Cl)cc3Cl)c2C(N)=O)C1. The van der Waals surface area contributed by atoms with Gasteiger partial charge in [0.25, 0.3) is 11.8 Å². The van der Waals surface area contributed by atoms with Gasteiger partial charge >= 0.3 is 0 Å². The monoisotopic (exact) mass is 482 g/mol. The first-order chi connectivity index (χ1) is 14.5. The van der Waals surface area contributed by atoms with Crippen LogP contribution in [0.25, 0.3) is 0 Å². The Morgan fingerprint density at radius 3 is 2.68 bits per heavy atom. The summed E-state index contributed by atoms with van der Waals surface area (Å²) in [5, 5.41) is 4.15. The molecular formula is C23H28Cl2N2O3S. The highest BCUT2D eigenvalue weighted by atomic mass is 35.5. The lowest BCUT2D eigenvalue weighted by atomic mass is 9.69. The molecule has 1 aromatic carbocycles. The Balaban J connectivity index is 1.80. The first-order valence-corrected chi connectivity index (χ1v) is 12.0. The summed E-state index contributed by atoms with van der Waals surface area (Å²) in [6.07, 6.45) is 2.95. The molecule has 2 atom stereocenters. The van der Waals surface area contributed by atoms with Gasteiger partial charge in [-0.3, -0.25) is 9.59 Å². The van der Waals surface area contributed by atoms with Gasteiger partial charge < -0.3 is 15.8 Å². The van der Waals surface area contributed by atoms with E-state index in [0.29, 0.717) is 32.3 Å². The number of carbonyl (C=O) groups is 2. The molecule has 3 N–H and O–H groups in total. The van der Waals surface area contributed by atoms with E-state index in [0.717, 1.165) is 36.1 Å². The number of nitrogens with two attached hydrogens (primary N) is 1. The zero-order valence-corrected chi connectivity index (χ0v) is 20.5. The molecule has 0 bridgehead atoms. The zero-order valence-electron chi connectivity index (χ0n) is 18.2. The Kier molecular flexibility index (Phi) is 7.24. The third-order valence-electron chi connectivity index (χ3n) is 6.33. The molecule has 1 heterocycles. The van der Waals surface area contributed by atoms with Gasteiger partial charge in [0.15, 0.2) is 6.10 Å². The minimum atomic E-state index is -0.828. The minimum absolute atomic E-state index is 0.220. The minimum Gasteiger partial charge on any atom is -0.479 e. The number of hydrogen-bond acceptors (Lipinski definition) is 4. The first-order valence-electron chi connectivity index (χ1n) is 10.4. The van der Waals surface area contributed by atoms with Crippen LogP contribution in [0.15, 0.2) is 18.2 Å². The fourth-order valence-electron chi connectivity index (χ4n) is 3.92. The highest BCUT2D eigenvalue weighted by Gasteiger charge is 2.35. The maximum atomic E-state index is 12.8. The normalized spacial score (nSPS) is 17.0. The predicted octanol–water partition coefficient (Wildman–Crippen LogP) is 6.10. The summed E-state index contributed by atoms with van der Waals surface area (Å²) in [6, 6.07) is 4.80. The van der Waals surface area contributed by atoms with Crippen molar-refractivity contribution < 1.29 is 14.3 Å². The smallest absolute Gasteiger partial charge is 0.265 e. The molecule has 2 aromatic rings. The summed E-state index contributed by atoms with van der Waals surface area (Å²) in [5.41, 5.74) is 7.32. The van der Waals surface area contributed by atoms with Crippen LogP contribution in [0.2, 0.25) is 10.0 Å². The number of nitrogens with one attached hydrogen (secondary N) is 1. The van der Waals surface area contributed by atoms with Crippen molar-refractivity contribution in [2.24, 2.45) is 17.1 Å². The third kappa shape index (κ3) is 5.18. The second kappa shape index (κ2) is 9.39. The van der Waals surface area contributed by atoms with Gasteiger partial charge in [-0.15, -0.1) is 11.3 Å². The van der Waals surface area contributed by atoms with Crippen LogP contribution in [-0.4, -0.2) is 17.9 Å². The van der Waals surface area contributed by atoms with Gasteiger partial charge in [-0.2, -0.15) is 0 Å². The van der Waals surface area contributed by atoms with Crippen LogP contribution < -0.4 is 15.8 Å². The third-order valence-corrected chi connectivity index (χ3v) is 8.03. The summed E-state index contributed by atoms with van der Waals surface area (Å²) in [4.78, 5) is 26.2. The molecular weight excluding hydrogens is 455 g/mol.